The van der Waals surface area contributed by atoms with E-state index in [4.69, 9.17) is 5.73 Å². The summed E-state index contributed by atoms with van der Waals surface area (Å²) < 4.78 is 0. The largest absolute Gasteiger partial charge is 0.508 e. The van der Waals surface area contributed by atoms with Gasteiger partial charge in [-0.3, -0.25) is 4.79 Å². The number of amides is 1. The highest BCUT2D eigenvalue weighted by molar-refractivity contribution is 5.96. The second kappa shape index (κ2) is 6.72. The zero-order chi connectivity index (χ0) is 14.5. The van der Waals surface area contributed by atoms with E-state index in [2.05, 4.69) is 10.2 Å². The number of phenolic OH excluding ortho intramolecular Hbond substituents is 1. The zero-order valence-corrected chi connectivity index (χ0v) is 11.9. The number of nitrogens with zero attached hydrogens (tertiary/aromatic N) is 1. The van der Waals surface area contributed by atoms with E-state index in [-0.39, 0.29) is 17.7 Å². The topological polar surface area (TPSA) is 78.6 Å². The van der Waals surface area contributed by atoms with Crippen molar-refractivity contribution in [2.75, 3.05) is 26.2 Å². The first-order chi connectivity index (χ1) is 9.61. The monoisotopic (exact) mass is 277 g/mol. The van der Waals surface area contributed by atoms with E-state index >= 15 is 0 Å². The first-order valence-electron chi connectivity index (χ1n) is 7.13. The first kappa shape index (κ1) is 14.8. The predicted molar refractivity (Wildman–Crippen MR) is 78.8 cm³/mol. The average Bonchev–Trinajstić information content (AvgIpc) is 2.44. The van der Waals surface area contributed by atoms with Crippen molar-refractivity contribution in [3.63, 3.8) is 0 Å². The Morgan fingerprint density at radius 1 is 1.45 bits per heavy atom. The van der Waals surface area contributed by atoms with Gasteiger partial charge in [0.15, 0.2) is 0 Å². The third-order valence-electron chi connectivity index (χ3n) is 3.92. The van der Waals surface area contributed by atoms with Gasteiger partial charge in [0.1, 0.15) is 5.75 Å². The van der Waals surface area contributed by atoms with E-state index in [9.17, 15) is 9.90 Å². The van der Waals surface area contributed by atoms with Crippen LogP contribution in [-0.4, -0.2) is 48.1 Å². The van der Waals surface area contributed by atoms with Gasteiger partial charge in [-0.05, 0) is 31.9 Å². The van der Waals surface area contributed by atoms with Gasteiger partial charge in [-0.1, -0.05) is 6.07 Å². The Bertz CT molecular complexity index is 468. The van der Waals surface area contributed by atoms with Gasteiger partial charge < -0.3 is 21.1 Å². The summed E-state index contributed by atoms with van der Waals surface area (Å²) in [5.74, 6) is 0.0612. The number of hydrogen-bond donors (Lipinski definition) is 3. The van der Waals surface area contributed by atoms with Crippen LogP contribution in [0.2, 0.25) is 0 Å². The van der Waals surface area contributed by atoms with Gasteiger partial charge in [-0.25, -0.2) is 0 Å². The van der Waals surface area contributed by atoms with Crippen molar-refractivity contribution in [3.05, 3.63) is 29.3 Å². The molecule has 0 radical (unpaired) electrons. The Morgan fingerprint density at radius 2 is 2.15 bits per heavy atom. The summed E-state index contributed by atoms with van der Waals surface area (Å²) in [5.41, 5.74) is 6.73. The van der Waals surface area contributed by atoms with Gasteiger partial charge in [0.25, 0.3) is 5.91 Å². The lowest BCUT2D eigenvalue weighted by Gasteiger charge is -2.32. The van der Waals surface area contributed by atoms with Gasteiger partial charge in [0.2, 0.25) is 0 Å². The molecule has 1 aliphatic heterocycles. The minimum absolute atomic E-state index is 0.101. The van der Waals surface area contributed by atoms with Crippen LogP contribution < -0.4 is 11.1 Å². The molecule has 1 fully saturated rings. The van der Waals surface area contributed by atoms with Crippen LogP contribution in [0, 0.1) is 6.92 Å². The lowest BCUT2D eigenvalue weighted by Crippen LogP contribution is -2.45. The second-order valence-electron chi connectivity index (χ2n) is 5.33. The average molecular weight is 277 g/mol. The fourth-order valence-corrected chi connectivity index (χ4v) is 2.62. The van der Waals surface area contributed by atoms with Crippen molar-refractivity contribution >= 4 is 5.91 Å². The molecule has 0 aliphatic carbocycles. The van der Waals surface area contributed by atoms with Crippen molar-refractivity contribution in [1.29, 1.82) is 0 Å². The number of aromatic hydroxyl groups is 1. The summed E-state index contributed by atoms with van der Waals surface area (Å²) in [5, 5.41) is 12.7. The zero-order valence-electron chi connectivity index (χ0n) is 11.9. The molecule has 0 atom stereocenters. The number of carbonyl (C=O) groups excluding carboxylic acids is 1. The molecular weight excluding hydrogens is 254 g/mol. The molecule has 1 heterocycles. The molecule has 1 amide bonds. The summed E-state index contributed by atoms with van der Waals surface area (Å²) in [4.78, 5) is 14.6. The number of nitrogens with two attached hydrogens (primary N) is 1. The van der Waals surface area contributed by atoms with E-state index in [0.717, 1.165) is 32.5 Å². The third-order valence-corrected chi connectivity index (χ3v) is 3.92. The fraction of sp³-hybridized carbons (Fsp3) is 0.533. The number of rotatable bonds is 4. The van der Waals surface area contributed by atoms with Gasteiger partial charge >= 0.3 is 0 Å². The Morgan fingerprint density at radius 3 is 2.80 bits per heavy atom. The molecular formula is C15H23N3O2. The number of benzene rings is 1. The Balaban J connectivity index is 1.91. The van der Waals surface area contributed by atoms with Gasteiger partial charge in [0, 0.05) is 43.3 Å². The molecule has 5 nitrogen and oxygen atoms in total. The fourth-order valence-electron chi connectivity index (χ4n) is 2.62. The van der Waals surface area contributed by atoms with Crippen molar-refractivity contribution < 1.29 is 9.90 Å². The van der Waals surface area contributed by atoms with Crippen LogP contribution in [0.3, 0.4) is 0 Å². The second-order valence-corrected chi connectivity index (χ2v) is 5.33. The normalized spacial score (nSPS) is 17.1. The molecule has 1 saturated heterocycles. The number of phenols is 1. The molecule has 1 aliphatic rings. The molecule has 0 saturated carbocycles. The van der Waals surface area contributed by atoms with Gasteiger partial charge in [0.05, 0.1) is 0 Å². The maximum Gasteiger partial charge on any atom is 0.251 e. The summed E-state index contributed by atoms with van der Waals surface area (Å²) in [6, 6.07) is 5.24. The summed E-state index contributed by atoms with van der Waals surface area (Å²) in [6.07, 6.45) is 1.90. The van der Waals surface area contributed by atoms with Crippen LogP contribution in [0.5, 0.6) is 5.75 Å². The molecule has 0 unspecified atom stereocenters. The van der Waals surface area contributed by atoms with E-state index in [1.807, 2.05) is 0 Å². The minimum atomic E-state index is -0.101. The summed E-state index contributed by atoms with van der Waals surface area (Å²) in [7, 11) is 0. The molecule has 20 heavy (non-hydrogen) atoms. The maximum atomic E-state index is 12.2. The first-order valence-corrected chi connectivity index (χ1v) is 7.13. The highest BCUT2D eigenvalue weighted by Gasteiger charge is 2.21. The quantitative estimate of drug-likeness (QED) is 0.762. The highest BCUT2D eigenvalue weighted by atomic mass is 16.3. The molecule has 4 N–H and O–H groups in total. The standard InChI is InChI=1S/C15H23N3O2/c1-11-13(3-2-4-14(11)19)15(20)17-12-5-8-18(9-6-12)10-7-16/h2-4,12,19H,5-10,16H2,1H3,(H,17,20). The van der Waals surface area contributed by atoms with Crippen LogP contribution >= 0.6 is 0 Å². The molecule has 1 aromatic rings. The number of piperidine rings is 1. The minimum Gasteiger partial charge on any atom is -0.508 e. The Labute approximate surface area is 119 Å². The lowest BCUT2D eigenvalue weighted by molar-refractivity contribution is 0.0911. The molecule has 0 aromatic heterocycles. The van der Waals surface area contributed by atoms with Crippen LogP contribution in [-0.2, 0) is 0 Å². The van der Waals surface area contributed by atoms with E-state index in [1.165, 1.54) is 0 Å². The molecule has 0 spiro atoms. The Hall–Kier alpha value is -1.59. The number of nitrogens with one attached hydrogen (secondary N) is 1. The van der Waals surface area contributed by atoms with Crippen LogP contribution in [0.25, 0.3) is 0 Å². The molecule has 2 rings (SSSR count). The van der Waals surface area contributed by atoms with E-state index in [0.29, 0.717) is 17.7 Å². The summed E-state index contributed by atoms with van der Waals surface area (Å²) in [6.45, 7) is 5.31. The molecule has 110 valence electrons. The smallest absolute Gasteiger partial charge is 0.251 e. The molecule has 1 aromatic carbocycles. The predicted octanol–water partition coefficient (Wildman–Crippen LogP) is 0.854. The van der Waals surface area contributed by atoms with E-state index < -0.39 is 0 Å². The highest BCUT2D eigenvalue weighted by Crippen LogP contribution is 2.20. The molecule has 5 heteroatoms. The third kappa shape index (κ3) is 3.49. The SMILES string of the molecule is Cc1c(O)cccc1C(=O)NC1CCN(CCN)CC1. The maximum absolute atomic E-state index is 12.2. The number of likely N-dealkylation sites (tertiary alicyclic amines) is 1. The number of hydrogen-bond acceptors (Lipinski definition) is 4. The lowest BCUT2D eigenvalue weighted by atomic mass is 10.0. The van der Waals surface area contributed by atoms with E-state index in [1.54, 1.807) is 25.1 Å². The summed E-state index contributed by atoms with van der Waals surface area (Å²) >= 11 is 0. The van der Waals surface area contributed by atoms with Gasteiger partial charge in [-0.15, -0.1) is 0 Å². The van der Waals surface area contributed by atoms with Crippen molar-refractivity contribution in [2.45, 2.75) is 25.8 Å². The van der Waals surface area contributed by atoms with Crippen LogP contribution in [0.4, 0.5) is 0 Å². The van der Waals surface area contributed by atoms with Crippen LogP contribution in [0.1, 0.15) is 28.8 Å². The molecule has 0 bridgehead atoms. The van der Waals surface area contributed by atoms with Crippen molar-refractivity contribution in [3.8, 4) is 5.75 Å². The Kier molecular flexibility index (Phi) is 4.98. The number of carbonyl (C=O) groups is 1. The van der Waals surface area contributed by atoms with Gasteiger partial charge in [-0.2, -0.15) is 0 Å². The van der Waals surface area contributed by atoms with Crippen molar-refractivity contribution in [1.82, 2.24) is 10.2 Å². The van der Waals surface area contributed by atoms with Crippen molar-refractivity contribution in [2.24, 2.45) is 5.73 Å². The van der Waals surface area contributed by atoms with Crippen LogP contribution in [0.15, 0.2) is 18.2 Å².